The molecule has 0 saturated carbocycles. The van der Waals surface area contributed by atoms with Crippen molar-refractivity contribution in [2.24, 2.45) is 0 Å². The van der Waals surface area contributed by atoms with Crippen molar-refractivity contribution in [1.29, 1.82) is 0 Å². The Kier molecular flexibility index (Phi) is 3.59. The molecule has 7 heteroatoms. The van der Waals surface area contributed by atoms with Gasteiger partial charge in [0.25, 0.3) is 0 Å². The van der Waals surface area contributed by atoms with Gasteiger partial charge in [-0.05, 0) is 25.1 Å². The molecule has 0 fully saturated rings. The second-order valence-corrected chi connectivity index (χ2v) is 4.72. The molecule has 1 heterocycles. The van der Waals surface area contributed by atoms with Gasteiger partial charge in [0.2, 0.25) is 11.1 Å². The summed E-state index contributed by atoms with van der Waals surface area (Å²) in [5.74, 6) is -1.38. The summed E-state index contributed by atoms with van der Waals surface area (Å²) in [4.78, 5) is 22.4. The van der Waals surface area contributed by atoms with Crippen LogP contribution in [0.2, 0.25) is 10.0 Å². The molecule has 0 bridgehead atoms. The third-order valence-corrected chi connectivity index (χ3v) is 2.84. The maximum absolute atomic E-state index is 11.5. The average Bonchev–Trinajstić information content (AvgIpc) is 2.26. The quantitative estimate of drug-likeness (QED) is 0.925. The smallest absolute Gasteiger partial charge is 0.360 e. The van der Waals surface area contributed by atoms with Crippen LogP contribution >= 0.6 is 23.2 Å². The number of hydrogen-bond donors (Lipinski definition) is 1. The van der Waals surface area contributed by atoms with Gasteiger partial charge >= 0.3 is 5.97 Å². The summed E-state index contributed by atoms with van der Waals surface area (Å²) in [5.41, 5.74) is -0.234. The SMILES string of the molecule is Cc1cc(=O)c(C(=O)O)nn1-c1cc(Cl)cc(Cl)c1. The first-order chi connectivity index (χ1) is 8.88. The van der Waals surface area contributed by atoms with E-state index in [1.165, 1.54) is 10.7 Å². The second kappa shape index (κ2) is 5.03. The van der Waals surface area contributed by atoms with E-state index in [1.807, 2.05) is 0 Å². The lowest BCUT2D eigenvalue weighted by Gasteiger charge is -2.10. The van der Waals surface area contributed by atoms with Crippen LogP contribution in [-0.2, 0) is 0 Å². The predicted octanol–water partition coefficient (Wildman–Crippen LogP) is 2.55. The molecule has 0 radical (unpaired) electrons. The molecule has 0 atom stereocenters. The molecule has 0 aliphatic rings. The normalized spacial score (nSPS) is 10.5. The van der Waals surface area contributed by atoms with Crippen LogP contribution < -0.4 is 5.43 Å². The van der Waals surface area contributed by atoms with Crippen LogP contribution in [0.15, 0.2) is 29.1 Å². The summed E-state index contributed by atoms with van der Waals surface area (Å²) in [6, 6.07) is 5.89. The summed E-state index contributed by atoms with van der Waals surface area (Å²) in [7, 11) is 0. The van der Waals surface area contributed by atoms with Gasteiger partial charge in [0.15, 0.2) is 0 Å². The van der Waals surface area contributed by atoms with Crippen LogP contribution in [0.25, 0.3) is 5.69 Å². The van der Waals surface area contributed by atoms with Crippen LogP contribution in [0.1, 0.15) is 16.2 Å². The van der Waals surface area contributed by atoms with Gasteiger partial charge < -0.3 is 5.11 Å². The van der Waals surface area contributed by atoms with Crippen molar-refractivity contribution in [2.75, 3.05) is 0 Å². The fourth-order valence-electron chi connectivity index (χ4n) is 1.62. The Balaban J connectivity index is 2.71. The summed E-state index contributed by atoms with van der Waals surface area (Å²) in [6.07, 6.45) is 0. The Morgan fingerprint density at radius 2 is 1.79 bits per heavy atom. The molecule has 0 aliphatic carbocycles. The van der Waals surface area contributed by atoms with Crippen molar-refractivity contribution in [3.8, 4) is 5.69 Å². The Labute approximate surface area is 118 Å². The van der Waals surface area contributed by atoms with Crippen LogP contribution in [-0.4, -0.2) is 20.9 Å². The van der Waals surface area contributed by atoms with Crippen LogP contribution in [0, 0.1) is 6.92 Å². The van der Waals surface area contributed by atoms with E-state index < -0.39 is 17.1 Å². The fourth-order valence-corrected chi connectivity index (χ4v) is 2.13. The number of nitrogens with zero attached hydrogens (tertiary/aromatic N) is 2. The molecule has 98 valence electrons. The Bertz CT molecular complexity index is 705. The van der Waals surface area contributed by atoms with Crippen molar-refractivity contribution in [2.45, 2.75) is 6.92 Å². The molecular weight excluding hydrogens is 291 g/mol. The standard InChI is InChI=1S/C12H8Cl2N2O3/c1-6-2-10(17)11(12(18)19)15-16(6)9-4-7(13)3-8(14)5-9/h2-5H,1H3,(H,18,19). The fraction of sp³-hybridized carbons (Fsp3) is 0.0833. The summed E-state index contributed by atoms with van der Waals surface area (Å²) in [6.45, 7) is 1.63. The predicted molar refractivity (Wildman–Crippen MR) is 71.6 cm³/mol. The summed E-state index contributed by atoms with van der Waals surface area (Å²) >= 11 is 11.8. The largest absolute Gasteiger partial charge is 0.476 e. The second-order valence-electron chi connectivity index (χ2n) is 3.84. The maximum atomic E-state index is 11.5. The number of benzene rings is 1. The zero-order valence-electron chi connectivity index (χ0n) is 9.72. The molecule has 0 saturated heterocycles. The number of carbonyl (C=O) groups is 1. The lowest BCUT2D eigenvalue weighted by Crippen LogP contribution is -2.22. The van der Waals surface area contributed by atoms with Crippen molar-refractivity contribution >= 4 is 29.2 Å². The van der Waals surface area contributed by atoms with E-state index in [0.29, 0.717) is 21.4 Å². The monoisotopic (exact) mass is 298 g/mol. The van der Waals surface area contributed by atoms with Crippen molar-refractivity contribution in [3.63, 3.8) is 0 Å². The average molecular weight is 299 g/mol. The summed E-state index contributed by atoms with van der Waals surface area (Å²) < 4.78 is 1.31. The van der Waals surface area contributed by atoms with Gasteiger partial charge in [-0.3, -0.25) is 4.79 Å². The molecular formula is C12H8Cl2N2O3. The van der Waals surface area contributed by atoms with Crippen LogP contribution in [0.5, 0.6) is 0 Å². The Morgan fingerprint density at radius 1 is 1.21 bits per heavy atom. The number of rotatable bonds is 2. The van der Waals surface area contributed by atoms with Gasteiger partial charge in [0, 0.05) is 21.8 Å². The molecule has 2 rings (SSSR count). The van der Waals surface area contributed by atoms with Gasteiger partial charge in [-0.1, -0.05) is 23.2 Å². The van der Waals surface area contributed by atoms with E-state index in [1.54, 1.807) is 25.1 Å². The molecule has 1 N–H and O–H groups in total. The van der Waals surface area contributed by atoms with Crippen LogP contribution in [0.3, 0.4) is 0 Å². The first kappa shape index (κ1) is 13.6. The first-order valence-corrected chi connectivity index (χ1v) is 5.95. The molecule has 1 aromatic carbocycles. The lowest BCUT2D eigenvalue weighted by atomic mass is 10.3. The summed E-state index contributed by atoms with van der Waals surface area (Å²) in [5, 5.41) is 13.5. The minimum Gasteiger partial charge on any atom is -0.476 e. The van der Waals surface area contributed by atoms with E-state index in [-0.39, 0.29) is 0 Å². The van der Waals surface area contributed by atoms with Gasteiger partial charge in [-0.2, -0.15) is 5.10 Å². The first-order valence-electron chi connectivity index (χ1n) is 5.19. The van der Waals surface area contributed by atoms with Gasteiger partial charge in [-0.25, -0.2) is 9.48 Å². The minimum atomic E-state index is -1.38. The topological polar surface area (TPSA) is 72.2 Å². The van der Waals surface area contributed by atoms with E-state index in [9.17, 15) is 9.59 Å². The third-order valence-electron chi connectivity index (χ3n) is 2.40. The third kappa shape index (κ3) is 2.77. The lowest BCUT2D eigenvalue weighted by molar-refractivity contribution is 0.0687. The number of hydrogen-bond acceptors (Lipinski definition) is 3. The molecule has 1 aromatic heterocycles. The number of carboxylic acids is 1. The van der Waals surface area contributed by atoms with Crippen molar-refractivity contribution in [1.82, 2.24) is 9.78 Å². The number of aryl methyl sites for hydroxylation is 1. The zero-order valence-corrected chi connectivity index (χ0v) is 11.2. The molecule has 2 aromatic rings. The van der Waals surface area contributed by atoms with Gasteiger partial charge in [0.05, 0.1) is 5.69 Å². The highest BCUT2D eigenvalue weighted by molar-refractivity contribution is 6.34. The number of halogens is 2. The zero-order chi connectivity index (χ0) is 14.2. The number of aromatic nitrogens is 2. The highest BCUT2D eigenvalue weighted by atomic mass is 35.5. The highest BCUT2D eigenvalue weighted by Crippen LogP contribution is 2.21. The Morgan fingerprint density at radius 3 is 2.32 bits per heavy atom. The Hall–Kier alpha value is -1.85. The molecule has 5 nitrogen and oxygen atoms in total. The van der Waals surface area contributed by atoms with Crippen molar-refractivity contribution in [3.05, 3.63) is 55.9 Å². The number of carboxylic acid groups (broad SMARTS) is 1. The van der Waals surface area contributed by atoms with Crippen LogP contribution in [0.4, 0.5) is 0 Å². The number of aromatic carboxylic acids is 1. The molecule has 0 unspecified atom stereocenters. The van der Waals surface area contributed by atoms with E-state index in [4.69, 9.17) is 28.3 Å². The highest BCUT2D eigenvalue weighted by Gasteiger charge is 2.14. The molecule has 19 heavy (non-hydrogen) atoms. The van der Waals surface area contributed by atoms with E-state index in [0.717, 1.165) is 0 Å². The van der Waals surface area contributed by atoms with Gasteiger partial charge in [0.1, 0.15) is 0 Å². The van der Waals surface area contributed by atoms with Gasteiger partial charge in [-0.15, -0.1) is 0 Å². The minimum absolute atomic E-state index is 0.388. The molecule has 0 amide bonds. The molecule has 0 aliphatic heterocycles. The molecule has 0 spiro atoms. The van der Waals surface area contributed by atoms with E-state index in [2.05, 4.69) is 5.10 Å². The maximum Gasteiger partial charge on any atom is 0.360 e. The van der Waals surface area contributed by atoms with E-state index >= 15 is 0 Å². The van der Waals surface area contributed by atoms with Crippen molar-refractivity contribution < 1.29 is 9.90 Å².